The molecule has 1 aliphatic heterocycles. The minimum atomic E-state index is -0.996. The summed E-state index contributed by atoms with van der Waals surface area (Å²) in [6.45, 7) is 2.96. The van der Waals surface area contributed by atoms with Crippen LogP contribution in [0, 0.1) is 0 Å². The van der Waals surface area contributed by atoms with Crippen LogP contribution < -0.4 is 0 Å². The Hall–Kier alpha value is -2.50. The lowest BCUT2D eigenvalue weighted by atomic mass is 10.1. The van der Waals surface area contributed by atoms with Crippen molar-refractivity contribution in [2.75, 3.05) is 0 Å². The number of Topliss-reactive ketones (excluding diaryl/α,β-unsaturated/α-hetero) is 1. The maximum absolute atomic E-state index is 12.3. The van der Waals surface area contributed by atoms with Crippen molar-refractivity contribution in [3.05, 3.63) is 35.4 Å². The van der Waals surface area contributed by atoms with Gasteiger partial charge in [0.25, 0.3) is 11.8 Å². The van der Waals surface area contributed by atoms with Crippen LogP contribution >= 0.6 is 0 Å². The Kier molecular flexibility index (Phi) is 4.16. The number of fused-ring (bicyclic) bond motifs is 1. The average Bonchev–Trinajstić information content (AvgIpc) is 2.68. The summed E-state index contributed by atoms with van der Waals surface area (Å²) in [5.74, 6) is -2.06. The molecule has 1 heterocycles. The molecule has 0 bridgehead atoms. The normalized spacial score (nSPS) is 14.9. The summed E-state index contributed by atoms with van der Waals surface area (Å²) in [5, 5.41) is 0. The second kappa shape index (κ2) is 5.87. The van der Waals surface area contributed by atoms with E-state index in [0.29, 0.717) is 11.1 Å². The molecule has 1 aliphatic rings. The molecule has 6 nitrogen and oxygen atoms in total. The highest BCUT2D eigenvalue weighted by Gasteiger charge is 2.40. The van der Waals surface area contributed by atoms with Gasteiger partial charge in [0.05, 0.1) is 11.1 Å². The fourth-order valence-corrected chi connectivity index (χ4v) is 2.18. The fourth-order valence-electron chi connectivity index (χ4n) is 2.18. The number of carbonyl (C=O) groups excluding carboxylic acids is 4. The Morgan fingerprint density at radius 2 is 1.67 bits per heavy atom. The van der Waals surface area contributed by atoms with Gasteiger partial charge in [0, 0.05) is 6.42 Å². The predicted molar refractivity (Wildman–Crippen MR) is 72.4 cm³/mol. The van der Waals surface area contributed by atoms with Gasteiger partial charge in [-0.1, -0.05) is 19.1 Å². The maximum atomic E-state index is 12.3. The van der Waals surface area contributed by atoms with Gasteiger partial charge in [-0.05, 0) is 19.1 Å². The molecule has 0 radical (unpaired) electrons. The summed E-state index contributed by atoms with van der Waals surface area (Å²) in [6.07, 6.45) is -1.11. The molecular weight excluding hydrogens is 274 g/mol. The summed E-state index contributed by atoms with van der Waals surface area (Å²) in [4.78, 5) is 47.9. The molecule has 1 aromatic rings. The van der Waals surface area contributed by atoms with Crippen molar-refractivity contribution < 1.29 is 23.9 Å². The van der Waals surface area contributed by atoms with Crippen LogP contribution in [0.2, 0.25) is 0 Å². The van der Waals surface area contributed by atoms with Crippen molar-refractivity contribution in [2.45, 2.75) is 32.9 Å². The van der Waals surface area contributed by atoms with Crippen molar-refractivity contribution in [2.24, 2.45) is 0 Å². The van der Waals surface area contributed by atoms with Crippen LogP contribution in [0.15, 0.2) is 24.3 Å². The molecule has 2 rings (SSSR count). The fraction of sp³-hybridized carbons (Fsp3) is 0.333. The van der Waals surface area contributed by atoms with E-state index in [1.807, 2.05) is 0 Å². The monoisotopic (exact) mass is 289 g/mol. The Morgan fingerprint density at radius 1 is 1.14 bits per heavy atom. The van der Waals surface area contributed by atoms with Crippen LogP contribution in [0.25, 0.3) is 0 Å². The number of ketones is 1. The number of imide groups is 1. The quantitative estimate of drug-likeness (QED) is 0.466. The first-order valence-corrected chi connectivity index (χ1v) is 6.61. The van der Waals surface area contributed by atoms with Gasteiger partial charge in [-0.25, -0.2) is 4.90 Å². The van der Waals surface area contributed by atoms with Gasteiger partial charge >= 0.3 is 5.97 Å². The van der Waals surface area contributed by atoms with Crippen LogP contribution in [0.3, 0.4) is 0 Å². The molecule has 1 unspecified atom stereocenters. The van der Waals surface area contributed by atoms with E-state index >= 15 is 0 Å². The Bertz CT molecular complexity index is 587. The molecule has 0 N–H and O–H groups in total. The lowest BCUT2D eigenvalue weighted by molar-refractivity contribution is -0.155. The number of carbonyl (C=O) groups is 4. The highest BCUT2D eigenvalue weighted by molar-refractivity contribution is 6.21. The first kappa shape index (κ1) is 14.9. The van der Waals surface area contributed by atoms with E-state index in [0.717, 1.165) is 4.90 Å². The first-order chi connectivity index (χ1) is 9.95. The number of esters is 1. The van der Waals surface area contributed by atoms with E-state index in [1.165, 1.54) is 6.92 Å². The van der Waals surface area contributed by atoms with Gasteiger partial charge in [-0.15, -0.1) is 0 Å². The largest absolute Gasteiger partial charge is 0.441 e. The second-order valence-electron chi connectivity index (χ2n) is 4.76. The summed E-state index contributed by atoms with van der Waals surface area (Å²) in [6, 6.07) is 6.44. The number of hydrogen-bond donors (Lipinski definition) is 0. The number of nitrogens with zero attached hydrogens (tertiary/aromatic N) is 1. The van der Waals surface area contributed by atoms with E-state index in [4.69, 9.17) is 4.74 Å². The number of benzene rings is 1. The SMILES string of the molecule is CCC(OC(=O)CC(C)=O)N1C(=O)c2ccccc2C1=O. The lowest BCUT2D eigenvalue weighted by Crippen LogP contribution is -2.42. The van der Waals surface area contributed by atoms with Crippen LogP contribution in [0.4, 0.5) is 0 Å². The van der Waals surface area contributed by atoms with Crippen molar-refractivity contribution in [3.63, 3.8) is 0 Å². The van der Waals surface area contributed by atoms with E-state index < -0.39 is 24.0 Å². The van der Waals surface area contributed by atoms with Gasteiger partial charge in [0.15, 0.2) is 6.23 Å². The van der Waals surface area contributed by atoms with Crippen LogP contribution in [0.5, 0.6) is 0 Å². The van der Waals surface area contributed by atoms with Crippen molar-refractivity contribution in [1.29, 1.82) is 0 Å². The molecular formula is C15H15NO5. The Labute approximate surface area is 121 Å². The highest BCUT2D eigenvalue weighted by Crippen LogP contribution is 2.26. The number of hydrogen-bond acceptors (Lipinski definition) is 5. The lowest BCUT2D eigenvalue weighted by Gasteiger charge is -2.24. The van der Waals surface area contributed by atoms with E-state index in [9.17, 15) is 19.2 Å². The summed E-state index contributed by atoms with van der Waals surface area (Å²) >= 11 is 0. The predicted octanol–water partition coefficient (Wildman–Crippen LogP) is 1.54. The molecule has 0 saturated heterocycles. The molecule has 1 atom stereocenters. The number of amides is 2. The molecule has 1 aromatic carbocycles. The third-order valence-electron chi connectivity index (χ3n) is 3.12. The molecule has 2 amide bonds. The first-order valence-electron chi connectivity index (χ1n) is 6.61. The Morgan fingerprint density at radius 3 is 2.10 bits per heavy atom. The van der Waals surface area contributed by atoms with Crippen LogP contribution in [0.1, 0.15) is 47.4 Å². The number of rotatable bonds is 5. The standard InChI is InChI=1S/C15H15NO5/c1-3-12(21-13(18)8-9(2)17)16-14(19)10-6-4-5-7-11(10)15(16)20/h4-7,12H,3,8H2,1-2H3. The average molecular weight is 289 g/mol. The Balaban J connectivity index is 2.21. The van der Waals surface area contributed by atoms with Crippen molar-refractivity contribution in [1.82, 2.24) is 4.90 Å². The van der Waals surface area contributed by atoms with E-state index in [-0.39, 0.29) is 18.6 Å². The minimum absolute atomic E-state index is 0.259. The molecule has 110 valence electrons. The third-order valence-corrected chi connectivity index (χ3v) is 3.12. The molecule has 6 heteroatoms. The van der Waals surface area contributed by atoms with Crippen LogP contribution in [-0.4, -0.2) is 34.7 Å². The van der Waals surface area contributed by atoms with Crippen LogP contribution in [-0.2, 0) is 14.3 Å². The number of ether oxygens (including phenoxy) is 1. The zero-order chi connectivity index (χ0) is 15.6. The zero-order valence-corrected chi connectivity index (χ0v) is 11.8. The van der Waals surface area contributed by atoms with E-state index in [2.05, 4.69) is 0 Å². The smallest absolute Gasteiger partial charge is 0.315 e. The molecule has 0 aliphatic carbocycles. The van der Waals surface area contributed by atoms with E-state index in [1.54, 1.807) is 31.2 Å². The summed E-state index contributed by atoms with van der Waals surface area (Å²) in [5.41, 5.74) is 0.590. The summed E-state index contributed by atoms with van der Waals surface area (Å²) < 4.78 is 5.09. The van der Waals surface area contributed by atoms with Crippen molar-refractivity contribution in [3.8, 4) is 0 Å². The van der Waals surface area contributed by atoms with Gasteiger partial charge in [-0.3, -0.25) is 19.2 Å². The second-order valence-corrected chi connectivity index (χ2v) is 4.76. The topological polar surface area (TPSA) is 80.8 Å². The molecule has 0 spiro atoms. The summed E-state index contributed by atoms with van der Waals surface area (Å²) in [7, 11) is 0. The van der Waals surface area contributed by atoms with Gasteiger partial charge in [0.2, 0.25) is 0 Å². The third kappa shape index (κ3) is 2.84. The van der Waals surface area contributed by atoms with Gasteiger partial charge in [-0.2, -0.15) is 0 Å². The van der Waals surface area contributed by atoms with Gasteiger partial charge in [0.1, 0.15) is 12.2 Å². The van der Waals surface area contributed by atoms with Gasteiger partial charge < -0.3 is 4.74 Å². The molecule has 0 saturated carbocycles. The molecule has 21 heavy (non-hydrogen) atoms. The zero-order valence-electron chi connectivity index (χ0n) is 11.8. The minimum Gasteiger partial charge on any atom is -0.441 e. The molecule has 0 fully saturated rings. The highest BCUT2D eigenvalue weighted by atomic mass is 16.6. The van der Waals surface area contributed by atoms with Crippen molar-refractivity contribution >= 4 is 23.6 Å². The molecule has 0 aromatic heterocycles. The maximum Gasteiger partial charge on any atom is 0.315 e.